The third-order valence-corrected chi connectivity index (χ3v) is 3.64. The van der Waals surface area contributed by atoms with Crippen LogP contribution in [0.4, 0.5) is 5.69 Å². The fraction of sp³-hybridized carbons (Fsp3) is 0.294. The van der Waals surface area contributed by atoms with Gasteiger partial charge in [0.1, 0.15) is 0 Å². The minimum atomic E-state index is 0.784. The average Bonchev–Trinajstić information content (AvgIpc) is 2.48. The molecule has 106 valence electrons. The zero-order chi connectivity index (χ0) is 14.4. The molecule has 2 rings (SSSR count). The Labute approximate surface area is 126 Å². The molecule has 0 atom stereocenters. The summed E-state index contributed by atoms with van der Waals surface area (Å²) < 4.78 is 0. The molecule has 2 aromatic rings. The Hall–Kier alpha value is -1.51. The van der Waals surface area contributed by atoms with E-state index in [-0.39, 0.29) is 0 Å². The van der Waals surface area contributed by atoms with Crippen molar-refractivity contribution in [2.75, 3.05) is 25.5 Å². The predicted octanol–water partition coefficient (Wildman–Crippen LogP) is 3.74. The number of hydrogen-bond acceptors (Lipinski definition) is 2. The predicted molar refractivity (Wildman–Crippen MR) is 87.6 cm³/mol. The van der Waals surface area contributed by atoms with Crippen molar-refractivity contribution in [1.29, 1.82) is 0 Å². The van der Waals surface area contributed by atoms with Crippen LogP contribution < -0.4 is 10.2 Å². The van der Waals surface area contributed by atoms with Crippen LogP contribution in [0.3, 0.4) is 0 Å². The first kappa shape index (κ1) is 14.9. The van der Waals surface area contributed by atoms with Gasteiger partial charge in [0.25, 0.3) is 0 Å². The van der Waals surface area contributed by atoms with E-state index in [0.717, 1.165) is 24.5 Å². The van der Waals surface area contributed by atoms with Crippen LogP contribution in [0.5, 0.6) is 0 Å². The molecule has 0 fully saturated rings. The lowest BCUT2D eigenvalue weighted by Crippen LogP contribution is -2.22. The van der Waals surface area contributed by atoms with Crippen molar-refractivity contribution < 1.29 is 0 Å². The third kappa shape index (κ3) is 3.99. The van der Waals surface area contributed by atoms with E-state index in [1.807, 2.05) is 19.2 Å². The van der Waals surface area contributed by atoms with E-state index in [2.05, 4.69) is 53.7 Å². The molecule has 0 aromatic heterocycles. The van der Waals surface area contributed by atoms with Crippen LogP contribution in [0.2, 0.25) is 5.02 Å². The van der Waals surface area contributed by atoms with Gasteiger partial charge in [-0.1, -0.05) is 48.0 Å². The van der Waals surface area contributed by atoms with Gasteiger partial charge in [-0.25, -0.2) is 0 Å². The maximum absolute atomic E-state index is 6.13. The first-order chi connectivity index (χ1) is 9.70. The van der Waals surface area contributed by atoms with Crippen LogP contribution in [-0.4, -0.2) is 20.6 Å². The van der Waals surface area contributed by atoms with Gasteiger partial charge in [0, 0.05) is 30.8 Å². The highest BCUT2D eigenvalue weighted by atomic mass is 35.5. The van der Waals surface area contributed by atoms with Gasteiger partial charge in [-0.3, -0.25) is 0 Å². The zero-order valence-corrected chi connectivity index (χ0v) is 12.8. The lowest BCUT2D eigenvalue weighted by atomic mass is 10.1. The number of likely N-dealkylation sites (N-methyl/N-ethyl adjacent to an activating group) is 1. The zero-order valence-electron chi connectivity index (χ0n) is 12.1. The summed E-state index contributed by atoms with van der Waals surface area (Å²) in [7, 11) is 4.08. The third-order valence-electron chi connectivity index (χ3n) is 3.40. The Kier molecular flexibility index (Phi) is 5.45. The van der Waals surface area contributed by atoms with Crippen molar-refractivity contribution in [3.05, 3.63) is 64.7 Å². The standard InChI is InChI=1S/C17H21ClN2/c1-19-13-15-8-9-16(18)12-17(15)20(2)11-10-14-6-4-3-5-7-14/h3-9,12,19H,10-11,13H2,1-2H3. The van der Waals surface area contributed by atoms with Gasteiger partial charge < -0.3 is 10.2 Å². The Morgan fingerprint density at radius 2 is 1.85 bits per heavy atom. The largest absolute Gasteiger partial charge is 0.374 e. The number of halogens is 1. The molecular formula is C17H21ClN2. The number of nitrogens with zero attached hydrogens (tertiary/aromatic N) is 1. The smallest absolute Gasteiger partial charge is 0.0426 e. The highest BCUT2D eigenvalue weighted by Crippen LogP contribution is 2.24. The molecule has 0 aliphatic heterocycles. The van der Waals surface area contributed by atoms with Gasteiger partial charge in [-0.15, -0.1) is 0 Å². The first-order valence-electron chi connectivity index (χ1n) is 6.89. The SMILES string of the molecule is CNCc1ccc(Cl)cc1N(C)CCc1ccccc1. The molecule has 3 heteroatoms. The molecule has 0 saturated carbocycles. The molecular weight excluding hydrogens is 268 g/mol. The maximum Gasteiger partial charge on any atom is 0.0426 e. The first-order valence-corrected chi connectivity index (χ1v) is 7.26. The highest BCUT2D eigenvalue weighted by molar-refractivity contribution is 6.30. The Morgan fingerprint density at radius 3 is 2.55 bits per heavy atom. The van der Waals surface area contributed by atoms with E-state index in [1.165, 1.54) is 16.8 Å². The molecule has 0 heterocycles. The van der Waals surface area contributed by atoms with Gasteiger partial charge in [0.05, 0.1) is 0 Å². The molecule has 0 aliphatic carbocycles. The second-order valence-electron chi connectivity index (χ2n) is 4.96. The minimum absolute atomic E-state index is 0.784. The number of benzene rings is 2. The monoisotopic (exact) mass is 288 g/mol. The lowest BCUT2D eigenvalue weighted by molar-refractivity contribution is 0.802. The summed E-state index contributed by atoms with van der Waals surface area (Å²) in [6, 6.07) is 16.6. The maximum atomic E-state index is 6.13. The van der Waals surface area contributed by atoms with Crippen LogP contribution in [0.1, 0.15) is 11.1 Å². The summed E-state index contributed by atoms with van der Waals surface area (Å²) in [6.07, 6.45) is 1.03. The van der Waals surface area contributed by atoms with E-state index < -0.39 is 0 Å². The van der Waals surface area contributed by atoms with Gasteiger partial charge in [-0.05, 0) is 36.7 Å². The van der Waals surface area contributed by atoms with E-state index in [9.17, 15) is 0 Å². The fourth-order valence-electron chi connectivity index (χ4n) is 2.29. The van der Waals surface area contributed by atoms with Crippen LogP contribution in [0.15, 0.2) is 48.5 Å². The Balaban J connectivity index is 2.08. The molecule has 0 saturated heterocycles. The Bertz CT molecular complexity index is 540. The van der Waals surface area contributed by atoms with Crippen molar-refractivity contribution in [3.8, 4) is 0 Å². The van der Waals surface area contributed by atoms with E-state index >= 15 is 0 Å². The van der Waals surface area contributed by atoms with Crippen molar-refractivity contribution in [1.82, 2.24) is 5.32 Å². The van der Waals surface area contributed by atoms with Crippen LogP contribution >= 0.6 is 11.6 Å². The van der Waals surface area contributed by atoms with Crippen molar-refractivity contribution in [3.63, 3.8) is 0 Å². The number of hydrogen-bond donors (Lipinski definition) is 1. The van der Waals surface area contributed by atoms with E-state index in [0.29, 0.717) is 0 Å². The summed E-state index contributed by atoms with van der Waals surface area (Å²) in [5.41, 5.74) is 3.83. The van der Waals surface area contributed by atoms with Gasteiger partial charge in [-0.2, -0.15) is 0 Å². The molecule has 0 unspecified atom stereocenters. The molecule has 0 amide bonds. The van der Waals surface area contributed by atoms with E-state index in [4.69, 9.17) is 11.6 Å². The molecule has 0 radical (unpaired) electrons. The fourth-order valence-corrected chi connectivity index (χ4v) is 2.46. The van der Waals surface area contributed by atoms with Crippen LogP contribution in [-0.2, 0) is 13.0 Å². The summed E-state index contributed by atoms with van der Waals surface area (Å²) >= 11 is 6.13. The summed E-state index contributed by atoms with van der Waals surface area (Å²) in [5, 5.41) is 3.99. The second-order valence-corrected chi connectivity index (χ2v) is 5.40. The van der Waals surface area contributed by atoms with Crippen LogP contribution in [0, 0.1) is 0 Å². The van der Waals surface area contributed by atoms with Crippen molar-refractivity contribution in [2.24, 2.45) is 0 Å². The lowest BCUT2D eigenvalue weighted by Gasteiger charge is -2.23. The number of anilines is 1. The van der Waals surface area contributed by atoms with Gasteiger partial charge in [0.15, 0.2) is 0 Å². The number of nitrogens with one attached hydrogen (secondary N) is 1. The molecule has 0 aliphatic rings. The van der Waals surface area contributed by atoms with Gasteiger partial charge >= 0.3 is 0 Å². The summed E-state index contributed by atoms with van der Waals surface area (Å²) in [4.78, 5) is 2.27. The number of rotatable bonds is 6. The molecule has 1 N–H and O–H groups in total. The Morgan fingerprint density at radius 1 is 1.10 bits per heavy atom. The average molecular weight is 289 g/mol. The molecule has 0 spiro atoms. The second kappa shape index (κ2) is 7.32. The molecule has 2 nitrogen and oxygen atoms in total. The highest BCUT2D eigenvalue weighted by Gasteiger charge is 2.08. The quantitative estimate of drug-likeness (QED) is 0.871. The molecule has 0 bridgehead atoms. The molecule has 2 aromatic carbocycles. The molecule has 20 heavy (non-hydrogen) atoms. The minimum Gasteiger partial charge on any atom is -0.374 e. The van der Waals surface area contributed by atoms with Crippen molar-refractivity contribution >= 4 is 17.3 Å². The summed E-state index contributed by atoms with van der Waals surface area (Å²) in [6.45, 7) is 1.82. The van der Waals surface area contributed by atoms with Gasteiger partial charge in [0.2, 0.25) is 0 Å². The topological polar surface area (TPSA) is 15.3 Å². The van der Waals surface area contributed by atoms with Crippen molar-refractivity contribution in [2.45, 2.75) is 13.0 Å². The van der Waals surface area contributed by atoms with Crippen LogP contribution in [0.25, 0.3) is 0 Å². The van der Waals surface area contributed by atoms with E-state index in [1.54, 1.807) is 0 Å². The summed E-state index contributed by atoms with van der Waals surface area (Å²) in [5.74, 6) is 0. The normalized spacial score (nSPS) is 10.6.